The fourth-order valence-electron chi connectivity index (χ4n) is 0.534. The first-order chi connectivity index (χ1) is 7.81. The van der Waals surface area contributed by atoms with Crippen LogP contribution in [0.2, 0.25) is 0 Å². The van der Waals surface area contributed by atoms with Crippen molar-refractivity contribution in [2.24, 2.45) is 0 Å². The van der Waals surface area contributed by atoms with Crippen molar-refractivity contribution in [3.05, 3.63) is 35.9 Å². The van der Waals surface area contributed by atoms with Gasteiger partial charge in [-0.3, -0.25) is 0 Å². The fourth-order valence-corrected chi connectivity index (χ4v) is 0.534. The molecule has 0 radical (unpaired) electrons. The Morgan fingerprint density at radius 3 is 1.06 bits per heavy atom. The van der Waals surface area contributed by atoms with Gasteiger partial charge < -0.3 is 0 Å². The van der Waals surface area contributed by atoms with Crippen molar-refractivity contribution in [3.8, 4) is 0 Å². The van der Waals surface area contributed by atoms with Crippen molar-refractivity contribution in [1.82, 2.24) is 0 Å². The van der Waals surface area contributed by atoms with Crippen LogP contribution in [0.15, 0.2) is 30.3 Å². The molecule has 0 N–H and O–H groups in total. The van der Waals surface area contributed by atoms with Crippen molar-refractivity contribution in [1.29, 1.82) is 0 Å². The van der Waals surface area contributed by atoms with Crippen LogP contribution in [0.25, 0.3) is 0 Å². The van der Waals surface area contributed by atoms with E-state index in [2.05, 4.69) is 32.9 Å². The van der Waals surface area contributed by atoms with Crippen molar-refractivity contribution < 1.29 is 0 Å². The Kier molecular flexibility index (Phi) is 56.2. The highest BCUT2D eigenvalue weighted by Gasteiger charge is 1.72. The molecule has 1 aromatic carbocycles. The summed E-state index contributed by atoms with van der Waals surface area (Å²) < 4.78 is 0. The molecule has 1 aromatic rings. The molecule has 0 aromatic heterocycles. The Balaban J connectivity index is -0.0000000688. The summed E-state index contributed by atoms with van der Waals surface area (Å²) >= 11 is 0. The number of aryl methyl sites for hydroxylation is 1. The summed E-state index contributed by atoms with van der Waals surface area (Å²) in [5.41, 5.74) is 1.32. The number of hydrogen-bond donors (Lipinski definition) is 0. The average molecular weight is 226 g/mol. The van der Waals surface area contributed by atoms with Gasteiger partial charge in [-0.2, -0.15) is 0 Å². The van der Waals surface area contributed by atoms with Gasteiger partial charge in [-0.25, -0.2) is 0 Å². The van der Waals surface area contributed by atoms with E-state index >= 15 is 0 Å². The molecule has 1 rings (SSSR count). The molecule has 0 aliphatic rings. The first kappa shape index (κ1) is 24.4. The Hall–Kier alpha value is -0.780. The maximum Gasteiger partial charge on any atom is -0.0398 e. The molecule has 0 aliphatic carbocycles. The van der Waals surface area contributed by atoms with Gasteiger partial charge in [0, 0.05) is 0 Å². The van der Waals surface area contributed by atoms with Crippen LogP contribution >= 0.6 is 0 Å². The minimum atomic E-state index is 1.25. The largest absolute Gasteiger partial charge is 0.0683 e. The molecule has 16 heavy (non-hydrogen) atoms. The van der Waals surface area contributed by atoms with E-state index in [1.807, 2.05) is 59.7 Å². The van der Waals surface area contributed by atoms with E-state index in [1.165, 1.54) is 12.0 Å². The Morgan fingerprint density at radius 1 is 0.688 bits per heavy atom. The smallest absolute Gasteiger partial charge is 0.0398 e. The first-order valence-corrected chi connectivity index (χ1v) is 6.82. The minimum Gasteiger partial charge on any atom is -0.0683 e. The third-order valence-electron chi connectivity index (χ3n) is 0.940. The SMILES string of the molecule is CC.CC.CC.CCC.Cc1ccccc1. The van der Waals surface area contributed by atoms with Crippen molar-refractivity contribution in [2.45, 2.75) is 68.7 Å². The molecule has 98 valence electrons. The molecule has 0 atom stereocenters. The number of hydrogen-bond acceptors (Lipinski definition) is 0. The third kappa shape index (κ3) is 37.9. The summed E-state index contributed by atoms with van der Waals surface area (Å²) in [7, 11) is 0. The molecule has 0 bridgehead atoms. The molecule has 0 amide bonds. The maximum atomic E-state index is 2.12. The second kappa shape index (κ2) is 36.8. The molecular weight excluding hydrogens is 192 g/mol. The van der Waals surface area contributed by atoms with Crippen LogP contribution in [0.3, 0.4) is 0 Å². The van der Waals surface area contributed by atoms with Gasteiger partial charge in [0.25, 0.3) is 0 Å². The van der Waals surface area contributed by atoms with E-state index in [-0.39, 0.29) is 0 Å². The highest BCUT2D eigenvalue weighted by molar-refractivity contribution is 5.11. The zero-order valence-corrected chi connectivity index (χ0v) is 13.1. The van der Waals surface area contributed by atoms with E-state index in [9.17, 15) is 0 Å². The predicted octanol–water partition coefficient (Wildman–Crippen LogP) is 6.49. The third-order valence-corrected chi connectivity index (χ3v) is 0.940. The van der Waals surface area contributed by atoms with Crippen LogP contribution in [0, 0.1) is 6.92 Å². The topological polar surface area (TPSA) is 0 Å². The number of rotatable bonds is 0. The predicted molar refractivity (Wildman–Crippen MR) is 81.2 cm³/mol. The van der Waals surface area contributed by atoms with Crippen molar-refractivity contribution in [2.75, 3.05) is 0 Å². The summed E-state index contributed by atoms with van der Waals surface area (Å²) in [5, 5.41) is 0. The van der Waals surface area contributed by atoms with Crippen LogP contribution in [0.1, 0.15) is 67.4 Å². The van der Waals surface area contributed by atoms with E-state index in [0.717, 1.165) is 0 Å². The summed E-state index contributed by atoms with van der Waals surface area (Å²) in [6, 6.07) is 10.3. The van der Waals surface area contributed by atoms with E-state index < -0.39 is 0 Å². The molecule has 0 heterocycles. The summed E-state index contributed by atoms with van der Waals surface area (Å²) in [5.74, 6) is 0. The van der Waals surface area contributed by atoms with Gasteiger partial charge in [0.2, 0.25) is 0 Å². The molecule has 0 aliphatic heterocycles. The second-order valence-corrected chi connectivity index (χ2v) is 2.36. The highest BCUT2D eigenvalue weighted by atomic mass is 13.8. The van der Waals surface area contributed by atoms with Gasteiger partial charge in [0.1, 0.15) is 0 Å². The standard InChI is InChI=1S/C7H8.C3H8.3C2H6/c1-7-5-3-2-4-6-7;1-3-2;3*1-2/h2-6H,1H3;3H2,1-2H3;3*1-2H3. The van der Waals surface area contributed by atoms with Gasteiger partial charge in [-0.1, -0.05) is 97.7 Å². The molecule has 0 nitrogen and oxygen atoms in total. The quantitative estimate of drug-likeness (QED) is 0.474. The van der Waals surface area contributed by atoms with E-state index in [1.54, 1.807) is 0 Å². The van der Waals surface area contributed by atoms with Gasteiger partial charge in [-0.15, -0.1) is 0 Å². The van der Waals surface area contributed by atoms with Crippen molar-refractivity contribution in [3.63, 3.8) is 0 Å². The van der Waals surface area contributed by atoms with Crippen LogP contribution in [0.4, 0.5) is 0 Å². The van der Waals surface area contributed by atoms with Gasteiger partial charge in [0.15, 0.2) is 0 Å². The van der Waals surface area contributed by atoms with Gasteiger partial charge in [0.05, 0.1) is 0 Å². The molecule has 0 heteroatoms. The number of benzene rings is 1. The Bertz CT molecular complexity index is 141. The van der Waals surface area contributed by atoms with Crippen molar-refractivity contribution >= 4 is 0 Å². The summed E-state index contributed by atoms with van der Waals surface area (Å²) in [6.07, 6.45) is 1.25. The molecular formula is C16H34. The Morgan fingerprint density at radius 2 is 0.938 bits per heavy atom. The van der Waals surface area contributed by atoms with Crippen LogP contribution in [-0.4, -0.2) is 0 Å². The van der Waals surface area contributed by atoms with Gasteiger partial charge >= 0.3 is 0 Å². The lowest BCUT2D eigenvalue weighted by Gasteiger charge is -1.82. The second-order valence-electron chi connectivity index (χ2n) is 2.36. The Labute approximate surface area is 105 Å². The zero-order valence-electron chi connectivity index (χ0n) is 13.1. The minimum absolute atomic E-state index is 1.25. The van der Waals surface area contributed by atoms with Crippen LogP contribution in [0.5, 0.6) is 0 Å². The average Bonchev–Trinajstić information content (AvgIpc) is 2.38. The van der Waals surface area contributed by atoms with Crippen LogP contribution < -0.4 is 0 Å². The highest BCUT2D eigenvalue weighted by Crippen LogP contribution is 1.92. The van der Waals surface area contributed by atoms with Crippen LogP contribution in [-0.2, 0) is 0 Å². The maximum absolute atomic E-state index is 2.12. The molecule has 0 fully saturated rings. The monoisotopic (exact) mass is 226 g/mol. The molecule has 0 unspecified atom stereocenters. The first-order valence-electron chi connectivity index (χ1n) is 6.82. The normalized spacial score (nSPS) is 6.06. The zero-order chi connectivity index (χ0) is 13.8. The molecule has 0 saturated carbocycles. The molecule has 0 saturated heterocycles. The lowest BCUT2D eigenvalue weighted by atomic mass is 10.2. The fraction of sp³-hybridized carbons (Fsp3) is 0.625. The summed E-state index contributed by atoms with van der Waals surface area (Å²) in [6.45, 7) is 18.3. The lowest BCUT2D eigenvalue weighted by Crippen LogP contribution is -1.62. The summed E-state index contributed by atoms with van der Waals surface area (Å²) in [4.78, 5) is 0. The van der Waals surface area contributed by atoms with Gasteiger partial charge in [-0.05, 0) is 6.92 Å². The molecule has 0 spiro atoms. The van der Waals surface area contributed by atoms with E-state index in [4.69, 9.17) is 0 Å². The van der Waals surface area contributed by atoms with E-state index in [0.29, 0.717) is 0 Å². The lowest BCUT2D eigenvalue weighted by molar-refractivity contribution is 1.09.